The summed E-state index contributed by atoms with van der Waals surface area (Å²) in [5.41, 5.74) is 1.69. The summed E-state index contributed by atoms with van der Waals surface area (Å²) in [5.74, 6) is -0.229. The minimum atomic E-state index is -0.530. The Bertz CT molecular complexity index is 870. The minimum absolute atomic E-state index is 0.182. The van der Waals surface area contributed by atoms with Gasteiger partial charge in [-0.1, -0.05) is 17.3 Å². The molecule has 0 atom stereocenters. The van der Waals surface area contributed by atoms with E-state index in [2.05, 4.69) is 10.3 Å². The van der Waals surface area contributed by atoms with Crippen molar-refractivity contribution in [3.05, 3.63) is 58.1 Å². The number of ketones is 1. The van der Waals surface area contributed by atoms with Gasteiger partial charge in [-0.2, -0.15) is 0 Å². The Labute approximate surface area is 119 Å². The van der Waals surface area contributed by atoms with Crippen molar-refractivity contribution in [3.63, 3.8) is 0 Å². The maximum atomic E-state index is 11.4. The van der Waals surface area contributed by atoms with E-state index in [-0.39, 0.29) is 22.7 Å². The molecule has 0 spiro atoms. The smallest absolute Gasteiger partial charge is 0.295 e. The van der Waals surface area contributed by atoms with Crippen LogP contribution >= 0.6 is 0 Å². The summed E-state index contributed by atoms with van der Waals surface area (Å²) in [4.78, 5) is 22.1. The molecule has 104 valence electrons. The highest BCUT2D eigenvalue weighted by atomic mass is 16.6. The van der Waals surface area contributed by atoms with Gasteiger partial charge in [0.1, 0.15) is 11.2 Å². The first-order valence-electron chi connectivity index (χ1n) is 6.18. The SMILES string of the molecule is CC(=O)c1ccc(-n2nnc3ccccc32)c([N+](=O)[O-])c1. The van der Waals surface area contributed by atoms with Crippen molar-refractivity contribution >= 4 is 22.5 Å². The van der Waals surface area contributed by atoms with E-state index in [0.717, 1.165) is 0 Å². The van der Waals surface area contributed by atoms with Gasteiger partial charge in [0.15, 0.2) is 5.78 Å². The van der Waals surface area contributed by atoms with Crippen LogP contribution in [0.3, 0.4) is 0 Å². The lowest BCUT2D eigenvalue weighted by Crippen LogP contribution is -2.04. The maximum absolute atomic E-state index is 11.4. The Morgan fingerprint density at radius 1 is 1.24 bits per heavy atom. The first-order chi connectivity index (χ1) is 10.1. The number of carbonyl (C=O) groups excluding carboxylic acids is 1. The van der Waals surface area contributed by atoms with Crippen molar-refractivity contribution < 1.29 is 9.72 Å². The molecular weight excluding hydrogens is 272 g/mol. The summed E-state index contributed by atoms with van der Waals surface area (Å²) in [6, 6.07) is 11.5. The molecule has 0 aliphatic heterocycles. The van der Waals surface area contributed by atoms with Crippen LogP contribution in [0.4, 0.5) is 5.69 Å². The van der Waals surface area contributed by atoms with Crippen LogP contribution in [0.5, 0.6) is 0 Å². The van der Waals surface area contributed by atoms with E-state index in [1.807, 2.05) is 6.07 Å². The molecule has 1 aromatic heterocycles. The summed E-state index contributed by atoms with van der Waals surface area (Å²) >= 11 is 0. The van der Waals surface area contributed by atoms with Crippen LogP contribution in [0.15, 0.2) is 42.5 Å². The average molecular weight is 282 g/mol. The van der Waals surface area contributed by atoms with Gasteiger partial charge in [0.05, 0.1) is 10.4 Å². The van der Waals surface area contributed by atoms with Crippen LogP contribution in [0.1, 0.15) is 17.3 Å². The lowest BCUT2D eigenvalue weighted by molar-refractivity contribution is -0.384. The molecular formula is C14H10N4O3. The first-order valence-corrected chi connectivity index (χ1v) is 6.18. The predicted octanol–water partition coefficient (Wildman–Crippen LogP) is 2.53. The van der Waals surface area contributed by atoms with Crippen LogP contribution in [0.25, 0.3) is 16.7 Å². The van der Waals surface area contributed by atoms with Crippen molar-refractivity contribution in [1.82, 2.24) is 15.0 Å². The van der Waals surface area contributed by atoms with Gasteiger partial charge in [-0.25, -0.2) is 4.68 Å². The third kappa shape index (κ3) is 2.14. The summed E-state index contributed by atoms with van der Waals surface area (Å²) in [6.07, 6.45) is 0. The number of Topliss-reactive ketones (excluding diaryl/α,β-unsaturated/α-hetero) is 1. The molecule has 3 rings (SSSR count). The minimum Gasteiger partial charge on any atom is -0.295 e. The van der Waals surface area contributed by atoms with Crippen LogP contribution in [0, 0.1) is 10.1 Å². The highest BCUT2D eigenvalue weighted by Crippen LogP contribution is 2.26. The molecule has 0 amide bonds. The molecule has 0 radical (unpaired) electrons. The first kappa shape index (κ1) is 12.9. The Morgan fingerprint density at radius 2 is 2.00 bits per heavy atom. The molecule has 7 nitrogen and oxygen atoms in total. The van der Waals surface area contributed by atoms with Crippen molar-refractivity contribution in [2.24, 2.45) is 0 Å². The van der Waals surface area contributed by atoms with Gasteiger partial charge < -0.3 is 0 Å². The third-order valence-corrected chi connectivity index (χ3v) is 3.16. The fraction of sp³-hybridized carbons (Fsp3) is 0.0714. The molecule has 1 heterocycles. The fourth-order valence-corrected chi connectivity index (χ4v) is 2.11. The molecule has 0 saturated carbocycles. The molecule has 0 unspecified atom stereocenters. The number of para-hydroxylation sites is 1. The molecule has 0 aliphatic rings. The highest BCUT2D eigenvalue weighted by molar-refractivity contribution is 5.95. The Hall–Kier alpha value is -3.09. The van der Waals surface area contributed by atoms with E-state index in [1.165, 1.54) is 23.7 Å². The summed E-state index contributed by atoms with van der Waals surface area (Å²) in [6.45, 7) is 1.36. The normalized spacial score (nSPS) is 10.7. The number of aromatic nitrogens is 3. The highest BCUT2D eigenvalue weighted by Gasteiger charge is 2.20. The molecule has 0 bridgehead atoms. The Kier molecular flexibility index (Phi) is 2.94. The van der Waals surface area contributed by atoms with E-state index in [9.17, 15) is 14.9 Å². The monoisotopic (exact) mass is 282 g/mol. The second kappa shape index (κ2) is 4.78. The Morgan fingerprint density at radius 3 is 2.71 bits per heavy atom. The number of hydrogen-bond donors (Lipinski definition) is 0. The van der Waals surface area contributed by atoms with E-state index >= 15 is 0 Å². The van der Waals surface area contributed by atoms with Crippen molar-refractivity contribution in [3.8, 4) is 5.69 Å². The van der Waals surface area contributed by atoms with Crippen LogP contribution in [-0.2, 0) is 0 Å². The van der Waals surface area contributed by atoms with Gasteiger partial charge in [-0.15, -0.1) is 5.10 Å². The zero-order chi connectivity index (χ0) is 15.0. The van der Waals surface area contributed by atoms with Gasteiger partial charge in [0.2, 0.25) is 0 Å². The van der Waals surface area contributed by atoms with Crippen LogP contribution in [0.2, 0.25) is 0 Å². The van der Waals surface area contributed by atoms with Gasteiger partial charge >= 0.3 is 0 Å². The van der Waals surface area contributed by atoms with Gasteiger partial charge in [0.25, 0.3) is 5.69 Å². The number of rotatable bonds is 3. The lowest BCUT2D eigenvalue weighted by atomic mass is 10.1. The summed E-state index contributed by atoms with van der Waals surface area (Å²) in [5, 5.41) is 19.2. The summed E-state index contributed by atoms with van der Waals surface area (Å²) < 4.78 is 1.40. The van der Waals surface area contributed by atoms with Crippen LogP contribution in [-0.4, -0.2) is 25.7 Å². The number of hydrogen-bond acceptors (Lipinski definition) is 5. The quantitative estimate of drug-likeness (QED) is 0.418. The van der Waals surface area contributed by atoms with Gasteiger partial charge in [-0.05, 0) is 31.2 Å². The zero-order valence-electron chi connectivity index (χ0n) is 11.1. The number of benzene rings is 2. The molecule has 21 heavy (non-hydrogen) atoms. The van der Waals surface area contributed by atoms with Gasteiger partial charge in [-0.3, -0.25) is 14.9 Å². The maximum Gasteiger partial charge on any atom is 0.295 e. The molecule has 3 aromatic rings. The predicted molar refractivity (Wildman–Crippen MR) is 75.5 cm³/mol. The second-order valence-corrected chi connectivity index (χ2v) is 4.51. The summed E-state index contributed by atoms with van der Waals surface area (Å²) in [7, 11) is 0. The third-order valence-electron chi connectivity index (χ3n) is 3.16. The van der Waals surface area contributed by atoms with Crippen LogP contribution < -0.4 is 0 Å². The molecule has 2 aromatic carbocycles. The molecule has 7 heteroatoms. The molecule has 0 N–H and O–H groups in total. The number of carbonyl (C=O) groups is 1. The lowest BCUT2D eigenvalue weighted by Gasteiger charge is -2.05. The molecule has 0 aliphatic carbocycles. The fourth-order valence-electron chi connectivity index (χ4n) is 2.11. The van der Waals surface area contributed by atoms with E-state index in [0.29, 0.717) is 11.0 Å². The zero-order valence-corrected chi connectivity index (χ0v) is 11.1. The standard InChI is InChI=1S/C14H10N4O3/c1-9(19)10-6-7-13(14(8-10)18(20)21)17-12-5-3-2-4-11(12)15-16-17/h2-8H,1H3. The number of nitro benzene ring substituents is 1. The van der Waals surface area contributed by atoms with E-state index in [4.69, 9.17) is 0 Å². The van der Waals surface area contributed by atoms with Crippen molar-refractivity contribution in [1.29, 1.82) is 0 Å². The van der Waals surface area contributed by atoms with Gasteiger partial charge in [0, 0.05) is 11.6 Å². The van der Waals surface area contributed by atoms with Crippen molar-refractivity contribution in [2.45, 2.75) is 6.92 Å². The Balaban J connectivity index is 2.27. The number of fused-ring (bicyclic) bond motifs is 1. The van der Waals surface area contributed by atoms with Crippen molar-refractivity contribution in [2.75, 3.05) is 0 Å². The molecule has 0 saturated heterocycles. The average Bonchev–Trinajstić information content (AvgIpc) is 2.90. The topological polar surface area (TPSA) is 90.9 Å². The molecule has 0 fully saturated rings. The number of nitrogens with zero attached hydrogens (tertiary/aromatic N) is 4. The van der Waals surface area contributed by atoms with E-state index in [1.54, 1.807) is 24.3 Å². The largest absolute Gasteiger partial charge is 0.295 e. The number of nitro groups is 1. The second-order valence-electron chi connectivity index (χ2n) is 4.51. The van der Waals surface area contributed by atoms with E-state index < -0.39 is 4.92 Å².